The fourth-order valence-corrected chi connectivity index (χ4v) is 1.22. The summed E-state index contributed by atoms with van der Waals surface area (Å²) in [5.41, 5.74) is 0.478. The fourth-order valence-electron chi connectivity index (χ4n) is 0.990. The Labute approximate surface area is 86.5 Å². The highest BCUT2D eigenvalue weighted by molar-refractivity contribution is 6.32. The van der Waals surface area contributed by atoms with Crippen LogP contribution in [0.1, 0.15) is 23.1 Å². The number of halogens is 1. The molecule has 0 aromatic carbocycles. The molecule has 76 valence electrons. The number of carbonyl (C=O) groups excluding carboxylic acids is 1. The molecule has 1 heterocycles. The van der Waals surface area contributed by atoms with Gasteiger partial charge in [-0.25, -0.2) is 4.98 Å². The fraction of sp³-hybridized carbons (Fsp3) is 0.333. The van der Waals surface area contributed by atoms with Crippen molar-refractivity contribution in [3.63, 3.8) is 0 Å². The highest BCUT2D eigenvalue weighted by Gasteiger charge is 2.12. The second kappa shape index (κ2) is 4.39. The van der Waals surface area contributed by atoms with E-state index in [1.807, 2.05) is 0 Å². The Hall–Kier alpha value is -1.13. The number of aliphatic hydroxyl groups excluding tert-OH is 1. The van der Waals surface area contributed by atoms with Crippen molar-refractivity contribution in [3.8, 4) is 5.75 Å². The minimum Gasteiger partial charge on any atom is -0.495 e. The molecular weight excluding hydrogens is 206 g/mol. The van der Waals surface area contributed by atoms with Crippen molar-refractivity contribution in [2.75, 3.05) is 7.11 Å². The van der Waals surface area contributed by atoms with E-state index in [1.54, 1.807) is 0 Å². The van der Waals surface area contributed by atoms with Gasteiger partial charge in [0.1, 0.15) is 16.5 Å². The van der Waals surface area contributed by atoms with Crippen LogP contribution >= 0.6 is 11.6 Å². The van der Waals surface area contributed by atoms with Crippen LogP contribution in [0.3, 0.4) is 0 Å². The highest BCUT2D eigenvalue weighted by Crippen LogP contribution is 2.27. The number of aliphatic hydroxyl groups is 1. The van der Waals surface area contributed by atoms with E-state index >= 15 is 0 Å². The molecule has 0 aliphatic rings. The number of nitrogens with zero attached hydrogens (tertiary/aromatic N) is 1. The SMILES string of the molecule is COc1cc(C(C)=O)nc(CO)c1Cl. The molecule has 1 aromatic heterocycles. The predicted octanol–water partition coefficient (Wildman–Crippen LogP) is 1.44. The number of rotatable bonds is 3. The van der Waals surface area contributed by atoms with Crippen molar-refractivity contribution in [2.45, 2.75) is 13.5 Å². The monoisotopic (exact) mass is 215 g/mol. The number of hydrogen-bond acceptors (Lipinski definition) is 4. The highest BCUT2D eigenvalue weighted by atomic mass is 35.5. The number of Topliss-reactive ketones (excluding diaryl/α,β-unsaturated/α-hetero) is 1. The van der Waals surface area contributed by atoms with E-state index in [0.717, 1.165) is 0 Å². The maximum Gasteiger partial charge on any atom is 0.178 e. The smallest absolute Gasteiger partial charge is 0.178 e. The van der Waals surface area contributed by atoms with Crippen LogP contribution in [0, 0.1) is 0 Å². The second-order valence-corrected chi connectivity index (χ2v) is 3.06. The lowest BCUT2D eigenvalue weighted by Gasteiger charge is -2.07. The maximum absolute atomic E-state index is 11.1. The molecule has 0 aliphatic carbocycles. The van der Waals surface area contributed by atoms with Crippen LogP contribution in [0.4, 0.5) is 0 Å². The van der Waals surface area contributed by atoms with Crippen molar-refractivity contribution in [1.82, 2.24) is 4.98 Å². The van der Waals surface area contributed by atoms with Crippen molar-refractivity contribution in [2.24, 2.45) is 0 Å². The Morgan fingerprint density at radius 3 is 2.79 bits per heavy atom. The first-order valence-electron chi connectivity index (χ1n) is 3.95. The van der Waals surface area contributed by atoms with Gasteiger partial charge in [-0.3, -0.25) is 4.79 Å². The van der Waals surface area contributed by atoms with Crippen molar-refractivity contribution in [1.29, 1.82) is 0 Å². The number of hydrogen-bond donors (Lipinski definition) is 1. The zero-order valence-electron chi connectivity index (χ0n) is 7.87. The molecule has 1 aromatic rings. The summed E-state index contributed by atoms with van der Waals surface area (Å²) in [6.07, 6.45) is 0. The predicted molar refractivity (Wildman–Crippen MR) is 51.7 cm³/mol. The van der Waals surface area contributed by atoms with Crippen LogP contribution in [0.2, 0.25) is 5.02 Å². The Morgan fingerprint density at radius 1 is 1.71 bits per heavy atom. The molecule has 0 unspecified atom stereocenters. The van der Waals surface area contributed by atoms with Gasteiger partial charge in [0.25, 0.3) is 0 Å². The van der Waals surface area contributed by atoms with Gasteiger partial charge in [-0.15, -0.1) is 0 Å². The number of aromatic nitrogens is 1. The summed E-state index contributed by atoms with van der Waals surface area (Å²) in [4.78, 5) is 14.9. The van der Waals surface area contributed by atoms with Gasteiger partial charge >= 0.3 is 0 Å². The molecule has 0 bridgehead atoms. The molecule has 0 saturated heterocycles. The maximum atomic E-state index is 11.1. The number of ketones is 1. The van der Waals surface area contributed by atoms with E-state index in [2.05, 4.69) is 4.98 Å². The first-order valence-corrected chi connectivity index (χ1v) is 4.33. The average Bonchev–Trinajstić information content (AvgIpc) is 2.17. The van der Waals surface area contributed by atoms with Crippen LogP contribution in [0.15, 0.2) is 6.07 Å². The quantitative estimate of drug-likeness (QED) is 0.776. The van der Waals surface area contributed by atoms with E-state index in [1.165, 1.54) is 20.1 Å². The van der Waals surface area contributed by atoms with Crippen molar-refractivity contribution >= 4 is 17.4 Å². The molecule has 0 atom stereocenters. The Balaban J connectivity index is 3.32. The van der Waals surface area contributed by atoms with Crippen LogP contribution < -0.4 is 4.74 Å². The Bertz CT molecular complexity index is 340. The van der Waals surface area contributed by atoms with Gasteiger partial charge in [-0.2, -0.15) is 0 Å². The second-order valence-electron chi connectivity index (χ2n) is 2.68. The third kappa shape index (κ3) is 2.02. The minimum atomic E-state index is -0.323. The van der Waals surface area contributed by atoms with Crippen LogP contribution in [-0.4, -0.2) is 23.0 Å². The van der Waals surface area contributed by atoms with E-state index in [0.29, 0.717) is 5.75 Å². The van der Waals surface area contributed by atoms with Gasteiger partial charge in [0.05, 0.1) is 19.4 Å². The summed E-state index contributed by atoms with van der Waals surface area (Å²) in [6, 6.07) is 1.45. The van der Waals surface area contributed by atoms with Crippen LogP contribution in [0.5, 0.6) is 5.75 Å². The zero-order valence-corrected chi connectivity index (χ0v) is 8.63. The molecule has 14 heavy (non-hydrogen) atoms. The zero-order chi connectivity index (χ0) is 10.7. The summed E-state index contributed by atoms with van der Waals surface area (Å²) in [5.74, 6) is 0.144. The summed E-state index contributed by atoms with van der Waals surface area (Å²) >= 11 is 5.83. The molecule has 1 rings (SSSR count). The van der Waals surface area contributed by atoms with Gasteiger partial charge in [0, 0.05) is 13.0 Å². The summed E-state index contributed by atoms with van der Waals surface area (Å²) in [6.45, 7) is 1.06. The van der Waals surface area contributed by atoms with Crippen molar-refractivity contribution in [3.05, 3.63) is 22.5 Å². The molecule has 1 N–H and O–H groups in total. The van der Waals surface area contributed by atoms with Gasteiger partial charge in [-0.05, 0) is 0 Å². The van der Waals surface area contributed by atoms with Gasteiger partial charge in [0.2, 0.25) is 0 Å². The average molecular weight is 216 g/mol. The molecule has 4 nitrogen and oxygen atoms in total. The molecule has 0 fully saturated rings. The Kier molecular flexibility index (Phi) is 3.43. The lowest BCUT2D eigenvalue weighted by atomic mass is 10.2. The standard InChI is InChI=1S/C9H10ClNO3/c1-5(13)6-3-8(14-2)9(10)7(4-12)11-6/h3,12H,4H2,1-2H3. The van der Waals surface area contributed by atoms with E-state index in [-0.39, 0.29) is 28.8 Å². The molecular formula is C9H10ClNO3. The van der Waals surface area contributed by atoms with Gasteiger partial charge in [0.15, 0.2) is 5.78 Å². The van der Waals surface area contributed by atoms with E-state index in [9.17, 15) is 4.79 Å². The van der Waals surface area contributed by atoms with Gasteiger partial charge in [-0.1, -0.05) is 11.6 Å². The van der Waals surface area contributed by atoms with E-state index in [4.69, 9.17) is 21.4 Å². The molecule has 0 spiro atoms. The van der Waals surface area contributed by atoms with Crippen LogP contribution in [0.25, 0.3) is 0 Å². The molecule has 0 amide bonds. The van der Waals surface area contributed by atoms with E-state index < -0.39 is 0 Å². The minimum absolute atomic E-state index is 0.199. The lowest BCUT2D eigenvalue weighted by molar-refractivity contribution is 0.101. The topological polar surface area (TPSA) is 59.4 Å². The largest absolute Gasteiger partial charge is 0.495 e. The van der Waals surface area contributed by atoms with Crippen molar-refractivity contribution < 1.29 is 14.6 Å². The number of pyridine rings is 1. The lowest BCUT2D eigenvalue weighted by Crippen LogP contribution is -2.03. The molecule has 0 saturated carbocycles. The summed E-state index contributed by atoms with van der Waals surface area (Å²) in [7, 11) is 1.44. The number of methoxy groups -OCH3 is 1. The third-order valence-electron chi connectivity index (χ3n) is 1.72. The molecule has 5 heteroatoms. The summed E-state index contributed by atoms with van der Waals surface area (Å²) in [5, 5.41) is 9.17. The van der Waals surface area contributed by atoms with Crippen LogP contribution in [-0.2, 0) is 6.61 Å². The normalized spacial score (nSPS) is 10.0. The first kappa shape index (κ1) is 10.9. The third-order valence-corrected chi connectivity index (χ3v) is 2.13. The molecule has 0 aliphatic heterocycles. The number of carbonyl (C=O) groups is 1. The Morgan fingerprint density at radius 2 is 2.36 bits per heavy atom. The first-order chi connectivity index (χ1) is 6.60. The molecule has 0 radical (unpaired) electrons. The number of ether oxygens (including phenoxy) is 1. The van der Waals surface area contributed by atoms with Gasteiger partial charge < -0.3 is 9.84 Å². The summed E-state index contributed by atoms with van der Waals surface area (Å²) < 4.78 is 4.94.